The highest BCUT2D eigenvalue weighted by Crippen LogP contribution is 2.30. The van der Waals surface area contributed by atoms with E-state index in [1.54, 1.807) is 0 Å². The summed E-state index contributed by atoms with van der Waals surface area (Å²) in [5.74, 6) is 1.70. The number of rotatable bonds is 2. The van der Waals surface area contributed by atoms with Crippen molar-refractivity contribution < 1.29 is 9.53 Å². The summed E-state index contributed by atoms with van der Waals surface area (Å²) in [5, 5.41) is 5.43. The van der Waals surface area contributed by atoms with E-state index in [4.69, 9.17) is 4.74 Å². The second kappa shape index (κ2) is 6.76. The summed E-state index contributed by atoms with van der Waals surface area (Å²) >= 11 is 0. The highest BCUT2D eigenvalue weighted by molar-refractivity contribution is 5.67. The Balaban J connectivity index is 1.70. The minimum atomic E-state index is -0.433. The number of ether oxygens (including phenoxy) is 1. The van der Waals surface area contributed by atoms with E-state index < -0.39 is 5.60 Å². The quantitative estimate of drug-likeness (QED) is 0.815. The molecule has 5 nitrogen and oxygen atoms in total. The minimum Gasteiger partial charge on any atom is -0.443 e. The third-order valence-electron chi connectivity index (χ3n) is 4.24. The zero-order valence-corrected chi connectivity index (χ0v) is 13.1. The first-order valence-corrected chi connectivity index (χ1v) is 7.89. The van der Waals surface area contributed by atoms with Crippen molar-refractivity contribution in [3.05, 3.63) is 0 Å². The van der Waals surface area contributed by atoms with Gasteiger partial charge < -0.3 is 10.1 Å². The van der Waals surface area contributed by atoms with Crippen LogP contribution in [0.3, 0.4) is 0 Å². The molecule has 2 saturated heterocycles. The van der Waals surface area contributed by atoms with Crippen LogP contribution in [0, 0.1) is 11.8 Å². The fraction of sp³-hybridized carbons (Fsp3) is 0.933. The molecule has 2 N–H and O–H groups in total. The molecule has 0 saturated carbocycles. The van der Waals surface area contributed by atoms with Gasteiger partial charge in [0.15, 0.2) is 0 Å². The molecule has 0 bridgehead atoms. The fourth-order valence-corrected chi connectivity index (χ4v) is 3.23. The van der Waals surface area contributed by atoms with E-state index >= 15 is 0 Å². The lowest BCUT2D eigenvalue weighted by molar-refractivity contribution is 0.0227. The van der Waals surface area contributed by atoms with Crippen LogP contribution in [0.5, 0.6) is 0 Å². The van der Waals surface area contributed by atoms with E-state index in [0.717, 1.165) is 24.9 Å². The van der Waals surface area contributed by atoms with E-state index in [2.05, 4.69) is 10.7 Å². The summed E-state index contributed by atoms with van der Waals surface area (Å²) < 4.78 is 5.28. The Labute approximate surface area is 122 Å². The molecular formula is C15H29N3O2. The molecule has 2 heterocycles. The topological polar surface area (TPSA) is 53.6 Å². The lowest BCUT2D eigenvalue weighted by Gasteiger charge is -2.37. The second-order valence-electron chi connectivity index (χ2n) is 7.03. The lowest BCUT2D eigenvalue weighted by Crippen LogP contribution is -2.49. The number of amides is 1. The largest absolute Gasteiger partial charge is 0.443 e. The smallest absolute Gasteiger partial charge is 0.422 e. The Morgan fingerprint density at radius 3 is 2.20 bits per heavy atom. The molecule has 1 amide bonds. The molecule has 0 aromatic heterocycles. The molecule has 0 aromatic carbocycles. The number of hydrogen-bond acceptors (Lipinski definition) is 4. The van der Waals surface area contributed by atoms with Gasteiger partial charge in [-0.15, -0.1) is 0 Å². The lowest BCUT2D eigenvalue weighted by atomic mass is 9.79. The number of nitrogens with one attached hydrogen (secondary N) is 2. The van der Waals surface area contributed by atoms with Crippen LogP contribution in [-0.2, 0) is 4.74 Å². The van der Waals surface area contributed by atoms with Crippen molar-refractivity contribution in [1.29, 1.82) is 0 Å². The van der Waals surface area contributed by atoms with Crippen molar-refractivity contribution in [3.8, 4) is 0 Å². The number of carbonyl (C=O) groups is 1. The number of carbonyl (C=O) groups excluding carboxylic acids is 1. The Morgan fingerprint density at radius 2 is 1.65 bits per heavy atom. The van der Waals surface area contributed by atoms with Crippen LogP contribution in [-0.4, -0.2) is 42.9 Å². The summed E-state index contributed by atoms with van der Waals surface area (Å²) in [5.41, 5.74) is 2.43. The molecule has 0 aliphatic carbocycles. The van der Waals surface area contributed by atoms with Crippen LogP contribution >= 0.6 is 0 Å². The van der Waals surface area contributed by atoms with Gasteiger partial charge in [0.25, 0.3) is 0 Å². The van der Waals surface area contributed by atoms with E-state index in [1.165, 1.54) is 38.8 Å². The summed E-state index contributed by atoms with van der Waals surface area (Å²) in [7, 11) is 0. The molecule has 2 aliphatic rings. The van der Waals surface area contributed by atoms with Gasteiger partial charge >= 0.3 is 6.09 Å². The maximum atomic E-state index is 11.7. The average Bonchev–Trinajstić information content (AvgIpc) is 2.38. The van der Waals surface area contributed by atoms with Crippen LogP contribution in [0.25, 0.3) is 0 Å². The molecular weight excluding hydrogens is 254 g/mol. The number of nitrogens with zero attached hydrogens (tertiary/aromatic N) is 1. The molecule has 2 fully saturated rings. The molecule has 0 unspecified atom stereocenters. The van der Waals surface area contributed by atoms with Crippen molar-refractivity contribution in [2.75, 3.05) is 26.2 Å². The summed E-state index contributed by atoms with van der Waals surface area (Å²) in [6, 6.07) is 0. The van der Waals surface area contributed by atoms with Crippen LogP contribution in [0.4, 0.5) is 4.79 Å². The van der Waals surface area contributed by atoms with Crippen molar-refractivity contribution in [3.63, 3.8) is 0 Å². The Bertz CT molecular complexity index is 314. The SMILES string of the molecule is CC(C)(C)OC(=O)NN1CCC(C2CCNCC2)CC1. The van der Waals surface area contributed by atoms with E-state index in [1.807, 2.05) is 25.8 Å². The van der Waals surface area contributed by atoms with E-state index in [0.29, 0.717) is 0 Å². The van der Waals surface area contributed by atoms with Crippen molar-refractivity contribution in [2.45, 2.75) is 52.1 Å². The number of piperidine rings is 2. The molecule has 0 spiro atoms. The molecule has 0 aromatic rings. The van der Waals surface area contributed by atoms with Crippen molar-refractivity contribution in [2.24, 2.45) is 11.8 Å². The zero-order chi connectivity index (χ0) is 14.6. The fourth-order valence-electron chi connectivity index (χ4n) is 3.23. The number of hydrazine groups is 1. The van der Waals surface area contributed by atoms with Gasteiger partial charge in [-0.3, -0.25) is 5.43 Å². The van der Waals surface area contributed by atoms with Crippen LogP contribution in [0.15, 0.2) is 0 Å². The Morgan fingerprint density at radius 1 is 1.10 bits per heavy atom. The number of hydrogen-bond donors (Lipinski definition) is 2. The minimum absolute atomic E-state index is 0.335. The van der Waals surface area contributed by atoms with E-state index in [-0.39, 0.29) is 6.09 Å². The predicted octanol–water partition coefficient (Wildman–Crippen LogP) is 2.14. The molecule has 2 rings (SSSR count). The second-order valence-corrected chi connectivity index (χ2v) is 7.03. The maximum absolute atomic E-state index is 11.7. The third kappa shape index (κ3) is 4.94. The van der Waals surface area contributed by atoms with E-state index in [9.17, 15) is 4.79 Å². The van der Waals surface area contributed by atoms with Gasteiger partial charge in [0.2, 0.25) is 0 Å². The molecule has 116 valence electrons. The van der Waals surface area contributed by atoms with Gasteiger partial charge in [-0.2, -0.15) is 0 Å². The Kier molecular flexibility index (Phi) is 5.27. The molecule has 0 atom stereocenters. The van der Waals surface area contributed by atoms with Gasteiger partial charge in [-0.1, -0.05) is 0 Å². The van der Waals surface area contributed by atoms with Gasteiger partial charge in [-0.25, -0.2) is 9.80 Å². The zero-order valence-electron chi connectivity index (χ0n) is 13.1. The van der Waals surface area contributed by atoms with Crippen molar-refractivity contribution >= 4 is 6.09 Å². The summed E-state index contributed by atoms with van der Waals surface area (Å²) in [6.45, 7) is 9.87. The highest BCUT2D eigenvalue weighted by atomic mass is 16.6. The molecule has 5 heteroatoms. The van der Waals surface area contributed by atoms with Crippen molar-refractivity contribution in [1.82, 2.24) is 15.8 Å². The highest BCUT2D eigenvalue weighted by Gasteiger charge is 2.28. The standard InChI is InChI=1S/C15H29N3O2/c1-15(2,3)20-14(19)17-18-10-6-13(7-11-18)12-4-8-16-9-5-12/h12-13,16H,4-11H2,1-3H3,(H,17,19). The van der Waals surface area contributed by atoms with Gasteiger partial charge in [0, 0.05) is 13.1 Å². The monoisotopic (exact) mass is 283 g/mol. The first kappa shape index (κ1) is 15.6. The van der Waals surface area contributed by atoms with Gasteiger partial charge in [-0.05, 0) is 71.4 Å². The third-order valence-corrected chi connectivity index (χ3v) is 4.24. The van der Waals surface area contributed by atoms with Gasteiger partial charge in [0.1, 0.15) is 5.60 Å². The average molecular weight is 283 g/mol. The van der Waals surface area contributed by atoms with Gasteiger partial charge in [0.05, 0.1) is 0 Å². The predicted molar refractivity (Wildman–Crippen MR) is 79.3 cm³/mol. The first-order chi connectivity index (χ1) is 9.44. The normalized spacial score (nSPS) is 23.6. The summed E-state index contributed by atoms with van der Waals surface area (Å²) in [4.78, 5) is 11.7. The summed E-state index contributed by atoms with van der Waals surface area (Å²) in [6.07, 6.45) is 4.65. The van der Waals surface area contributed by atoms with Crippen LogP contribution in [0.2, 0.25) is 0 Å². The maximum Gasteiger partial charge on any atom is 0.422 e. The Hall–Kier alpha value is -0.810. The van der Waals surface area contributed by atoms with Crippen LogP contribution in [0.1, 0.15) is 46.5 Å². The molecule has 2 aliphatic heterocycles. The molecule has 0 radical (unpaired) electrons. The van der Waals surface area contributed by atoms with Crippen LogP contribution < -0.4 is 10.7 Å². The first-order valence-electron chi connectivity index (χ1n) is 7.89. The molecule has 20 heavy (non-hydrogen) atoms.